The number of hydrogen-bond donors (Lipinski definition) is 1. The van der Waals surface area contributed by atoms with Crippen molar-refractivity contribution in [3.05, 3.63) is 18.5 Å². The van der Waals surface area contributed by atoms with E-state index >= 15 is 0 Å². The van der Waals surface area contributed by atoms with Crippen LogP contribution in [0.25, 0.3) is 0 Å². The lowest BCUT2D eigenvalue weighted by Crippen LogP contribution is -2.29. The predicted octanol–water partition coefficient (Wildman–Crippen LogP) is 1.14. The van der Waals surface area contributed by atoms with E-state index in [0.29, 0.717) is 6.54 Å². The first-order valence-corrected chi connectivity index (χ1v) is 9.25. The van der Waals surface area contributed by atoms with E-state index in [1.54, 1.807) is 10.9 Å². The molecule has 0 radical (unpaired) electrons. The molecular formula is C14H23N3O3S. The van der Waals surface area contributed by atoms with Crippen molar-refractivity contribution in [2.75, 3.05) is 12.3 Å². The molecule has 1 aromatic rings. The van der Waals surface area contributed by atoms with Crippen LogP contribution in [0.4, 0.5) is 0 Å². The Bertz CT molecular complexity index is 534. The summed E-state index contributed by atoms with van der Waals surface area (Å²) in [5.41, 5.74) is 0. The Morgan fingerprint density at radius 1 is 1.33 bits per heavy atom. The second-order valence-electron chi connectivity index (χ2n) is 5.50. The zero-order valence-electron chi connectivity index (χ0n) is 12.2. The molecule has 1 fully saturated rings. The highest BCUT2D eigenvalue weighted by Gasteiger charge is 2.28. The van der Waals surface area contributed by atoms with Gasteiger partial charge in [-0.2, -0.15) is 5.10 Å². The second kappa shape index (κ2) is 7.59. The van der Waals surface area contributed by atoms with Crippen molar-refractivity contribution in [2.45, 2.75) is 50.3 Å². The molecule has 21 heavy (non-hydrogen) atoms. The molecule has 0 atom stereocenters. The van der Waals surface area contributed by atoms with Gasteiger partial charge in [0.2, 0.25) is 5.91 Å². The summed E-state index contributed by atoms with van der Waals surface area (Å²) in [6.07, 6.45) is 7.93. The monoisotopic (exact) mass is 313 g/mol. The molecule has 1 aliphatic rings. The van der Waals surface area contributed by atoms with Crippen LogP contribution < -0.4 is 5.32 Å². The molecule has 0 saturated heterocycles. The van der Waals surface area contributed by atoms with Crippen LogP contribution in [0.2, 0.25) is 0 Å². The largest absolute Gasteiger partial charge is 0.356 e. The van der Waals surface area contributed by atoms with Gasteiger partial charge in [-0.25, -0.2) is 8.42 Å². The van der Waals surface area contributed by atoms with Gasteiger partial charge in [-0.3, -0.25) is 9.48 Å². The zero-order valence-corrected chi connectivity index (χ0v) is 13.0. The smallest absolute Gasteiger partial charge is 0.221 e. The number of carbonyl (C=O) groups is 1. The molecule has 1 saturated carbocycles. The lowest BCUT2D eigenvalue weighted by atomic mass is 10.4. The summed E-state index contributed by atoms with van der Waals surface area (Å²) in [5.74, 6) is -0.208. The van der Waals surface area contributed by atoms with Gasteiger partial charge in [-0.15, -0.1) is 0 Å². The molecular weight excluding hydrogens is 290 g/mol. The van der Waals surface area contributed by atoms with Crippen LogP contribution >= 0.6 is 0 Å². The van der Waals surface area contributed by atoms with Crippen LogP contribution in [0.5, 0.6) is 0 Å². The van der Waals surface area contributed by atoms with Crippen molar-refractivity contribution in [2.24, 2.45) is 0 Å². The molecule has 1 heterocycles. The van der Waals surface area contributed by atoms with E-state index in [4.69, 9.17) is 0 Å². The van der Waals surface area contributed by atoms with Crippen molar-refractivity contribution >= 4 is 15.7 Å². The van der Waals surface area contributed by atoms with Gasteiger partial charge in [0.1, 0.15) is 0 Å². The topological polar surface area (TPSA) is 81.1 Å². The van der Waals surface area contributed by atoms with Crippen molar-refractivity contribution in [3.63, 3.8) is 0 Å². The second-order valence-corrected chi connectivity index (χ2v) is 7.90. The van der Waals surface area contributed by atoms with Crippen LogP contribution in [0.3, 0.4) is 0 Å². The first-order chi connectivity index (χ1) is 10.1. The van der Waals surface area contributed by atoms with Gasteiger partial charge in [0.05, 0.1) is 11.0 Å². The summed E-state index contributed by atoms with van der Waals surface area (Å²) in [5, 5.41) is 6.62. The molecule has 0 aromatic carbocycles. The number of sulfone groups is 1. The standard InChI is InChI=1S/C14H23N3O3S/c18-14(15-8-3-10-17-11-4-9-16-17)7-12-21(19,20)13-5-1-2-6-13/h4,9,11,13H,1-3,5-8,10,12H2,(H,15,18). The van der Waals surface area contributed by atoms with E-state index in [1.165, 1.54) is 0 Å². The van der Waals surface area contributed by atoms with E-state index in [9.17, 15) is 13.2 Å². The molecule has 1 aromatic heterocycles. The highest BCUT2D eigenvalue weighted by atomic mass is 32.2. The summed E-state index contributed by atoms with van der Waals surface area (Å²) in [4.78, 5) is 11.7. The molecule has 2 rings (SSSR count). The van der Waals surface area contributed by atoms with Gasteiger partial charge in [-0.1, -0.05) is 12.8 Å². The number of amides is 1. The van der Waals surface area contributed by atoms with Crippen molar-refractivity contribution in [3.8, 4) is 0 Å². The van der Waals surface area contributed by atoms with E-state index in [2.05, 4.69) is 10.4 Å². The lowest BCUT2D eigenvalue weighted by molar-refractivity contribution is -0.120. The van der Waals surface area contributed by atoms with Gasteiger partial charge in [0.25, 0.3) is 0 Å². The van der Waals surface area contributed by atoms with Gasteiger partial charge in [0.15, 0.2) is 9.84 Å². The maximum absolute atomic E-state index is 12.0. The van der Waals surface area contributed by atoms with Gasteiger partial charge >= 0.3 is 0 Å². The lowest BCUT2D eigenvalue weighted by Gasteiger charge is -2.11. The SMILES string of the molecule is O=C(CCS(=O)(=O)C1CCCC1)NCCCn1cccn1. The number of carbonyl (C=O) groups excluding carboxylic acids is 1. The van der Waals surface area contributed by atoms with Crippen molar-refractivity contribution < 1.29 is 13.2 Å². The number of rotatable bonds is 8. The normalized spacial score (nSPS) is 16.2. The Labute approximate surface area is 125 Å². The summed E-state index contributed by atoms with van der Waals surface area (Å²) in [6.45, 7) is 1.29. The molecule has 7 heteroatoms. The first-order valence-electron chi connectivity index (χ1n) is 7.53. The minimum absolute atomic E-state index is 0.0251. The Hall–Kier alpha value is -1.37. The van der Waals surface area contributed by atoms with Crippen LogP contribution in [0.15, 0.2) is 18.5 Å². The number of nitrogens with one attached hydrogen (secondary N) is 1. The van der Waals surface area contributed by atoms with Gasteiger partial charge in [0, 0.05) is 31.9 Å². The van der Waals surface area contributed by atoms with E-state index in [-0.39, 0.29) is 23.3 Å². The highest BCUT2D eigenvalue weighted by Crippen LogP contribution is 2.25. The van der Waals surface area contributed by atoms with E-state index in [1.807, 2.05) is 12.3 Å². The minimum atomic E-state index is -3.10. The minimum Gasteiger partial charge on any atom is -0.356 e. The Kier molecular flexibility index (Phi) is 5.78. The quantitative estimate of drug-likeness (QED) is 0.730. The third-order valence-corrected chi connectivity index (χ3v) is 6.13. The van der Waals surface area contributed by atoms with Gasteiger partial charge < -0.3 is 5.32 Å². The number of aromatic nitrogens is 2. The van der Waals surface area contributed by atoms with Crippen LogP contribution in [0, 0.1) is 0 Å². The Morgan fingerprint density at radius 2 is 2.10 bits per heavy atom. The highest BCUT2D eigenvalue weighted by molar-refractivity contribution is 7.92. The Balaban J connectivity index is 1.61. The van der Waals surface area contributed by atoms with Crippen LogP contribution in [-0.2, 0) is 21.2 Å². The van der Waals surface area contributed by atoms with Gasteiger partial charge in [-0.05, 0) is 25.3 Å². The maximum Gasteiger partial charge on any atom is 0.221 e. The summed E-state index contributed by atoms with van der Waals surface area (Å²) in [6, 6.07) is 1.85. The fraction of sp³-hybridized carbons (Fsp3) is 0.714. The molecule has 1 aliphatic carbocycles. The summed E-state index contributed by atoms with van der Waals surface area (Å²) in [7, 11) is -3.10. The molecule has 0 spiro atoms. The number of aryl methyl sites for hydroxylation is 1. The van der Waals surface area contributed by atoms with Crippen molar-refractivity contribution in [1.29, 1.82) is 0 Å². The summed E-state index contributed by atoms with van der Waals surface area (Å²) < 4.78 is 25.9. The molecule has 0 bridgehead atoms. The number of hydrogen-bond acceptors (Lipinski definition) is 4. The average Bonchev–Trinajstić information content (AvgIpc) is 3.14. The zero-order chi connectivity index (χ0) is 15.1. The van der Waals surface area contributed by atoms with Crippen LogP contribution in [0.1, 0.15) is 38.5 Å². The molecule has 0 aliphatic heterocycles. The number of nitrogens with zero attached hydrogens (tertiary/aromatic N) is 2. The predicted molar refractivity (Wildman–Crippen MR) is 80.5 cm³/mol. The van der Waals surface area contributed by atoms with E-state index < -0.39 is 9.84 Å². The molecule has 1 amide bonds. The molecule has 0 unspecified atom stereocenters. The average molecular weight is 313 g/mol. The summed E-state index contributed by atoms with van der Waals surface area (Å²) >= 11 is 0. The third kappa shape index (κ3) is 5.15. The molecule has 6 nitrogen and oxygen atoms in total. The fourth-order valence-corrected chi connectivity index (χ4v) is 4.49. The Morgan fingerprint density at radius 3 is 2.76 bits per heavy atom. The van der Waals surface area contributed by atoms with Crippen molar-refractivity contribution in [1.82, 2.24) is 15.1 Å². The molecule has 1 N–H and O–H groups in total. The maximum atomic E-state index is 12.0. The van der Waals surface area contributed by atoms with Crippen LogP contribution in [-0.4, -0.2) is 41.7 Å². The first kappa shape index (κ1) is 16.0. The van der Waals surface area contributed by atoms with E-state index in [0.717, 1.165) is 38.6 Å². The third-order valence-electron chi connectivity index (χ3n) is 3.87. The fourth-order valence-electron chi connectivity index (χ4n) is 2.64. The molecule has 118 valence electrons.